The SMILES string of the molecule is c1cc(-c2nc3c(NC4CCCC4)cccn3c2-c2ccnc(NC3CCCC3)n2)cc(N(CC2CC2)CC2CC2)c1.c1cc(NCC2CC2)cc(-c2nc3c(NC4CCCC4)cccn3c2-c2ccnc(NC3CCCC3)n2)c1. The minimum absolute atomic E-state index is 0.461. The normalized spacial score (nSPS) is 18.9. The molecular formula is C66H80N14. The van der Waals surface area contributed by atoms with E-state index in [4.69, 9.17) is 19.9 Å². The highest BCUT2D eigenvalue weighted by atomic mass is 15.2. The second-order valence-electron chi connectivity index (χ2n) is 24.6. The predicted octanol–water partition coefficient (Wildman–Crippen LogP) is 14.8. The molecule has 5 N–H and O–H groups in total. The van der Waals surface area contributed by atoms with Crippen LogP contribution in [0.15, 0.2) is 110 Å². The zero-order chi connectivity index (χ0) is 53.2. The lowest BCUT2D eigenvalue weighted by atomic mass is 10.1. The highest BCUT2D eigenvalue weighted by Gasteiger charge is 2.31. The third kappa shape index (κ3) is 11.8. The van der Waals surface area contributed by atoms with Crippen LogP contribution >= 0.6 is 0 Å². The van der Waals surface area contributed by atoms with Gasteiger partial charge in [0, 0.05) is 91.1 Å². The molecule has 0 saturated heterocycles. The van der Waals surface area contributed by atoms with Crippen LogP contribution in [0.5, 0.6) is 0 Å². The van der Waals surface area contributed by atoms with Crippen molar-refractivity contribution in [1.29, 1.82) is 0 Å². The molecule has 0 bridgehead atoms. The average Bonchev–Trinajstić information content (AvgIpc) is 4.38. The standard InChI is InChI=1S/C35H43N7.C31H37N7/c1-2-9-27(8-1)37-31-13-6-20-42-33(30-18-19-36-35(39-30)38-28-10-3-4-11-28)32(40-34(31)42)26-7-5-12-29(21-26)41(22-24-14-15-24)23-25-16-17-25;1-2-9-23(8-1)34-27-13-6-18-38-29(26-16-17-32-31(36-26)35-24-10-3-4-11-24)28(37-30(27)38)22-7-5-12-25(19-22)33-20-21-14-15-21/h5-7,12-13,18-21,24-25,27-28,37H,1-4,8-11,14-17,22-23H2,(H,36,38,39);5-7,12-13,16-19,21,23-24,33-34H,1-4,8-11,14-15,20H2,(H,32,35,36). The Labute approximate surface area is 471 Å². The summed E-state index contributed by atoms with van der Waals surface area (Å²) in [6, 6.07) is 32.4. The summed E-state index contributed by atoms with van der Waals surface area (Å²) < 4.78 is 4.45. The van der Waals surface area contributed by atoms with E-state index in [0.717, 1.165) is 97.9 Å². The number of imidazole rings is 2. The Morgan fingerprint density at radius 1 is 0.438 bits per heavy atom. The topological polar surface area (TPSA) is 150 Å². The molecule has 14 heteroatoms. The van der Waals surface area contributed by atoms with Gasteiger partial charge in [-0.25, -0.2) is 29.9 Å². The number of fused-ring (bicyclic) bond motifs is 2. The Kier molecular flexibility index (Phi) is 14.7. The fourth-order valence-corrected chi connectivity index (χ4v) is 13.2. The quantitative estimate of drug-likeness (QED) is 0.0494. The molecule has 7 aliphatic carbocycles. The number of benzene rings is 2. The number of hydrogen-bond acceptors (Lipinski definition) is 12. The van der Waals surface area contributed by atoms with Gasteiger partial charge in [0.15, 0.2) is 11.3 Å². The van der Waals surface area contributed by atoms with Crippen molar-refractivity contribution >= 4 is 45.9 Å². The van der Waals surface area contributed by atoms with E-state index in [1.54, 1.807) is 0 Å². The van der Waals surface area contributed by atoms with Gasteiger partial charge in [-0.3, -0.25) is 8.80 Å². The molecule has 14 nitrogen and oxygen atoms in total. The first-order valence-electron chi connectivity index (χ1n) is 31.0. The highest BCUT2D eigenvalue weighted by molar-refractivity contribution is 5.87. The molecule has 0 atom stereocenters. The Morgan fingerprint density at radius 3 is 1.36 bits per heavy atom. The van der Waals surface area contributed by atoms with Gasteiger partial charge in [-0.2, -0.15) is 0 Å². The molecule has 0 aliphatic heterocycles. The number of rotatable bonds is 20. The molecule has 6 aromatic heterocycles. The minimum atomic E-state index is 0.461. The van der Waals surface area contributed by atoms with Crippen molar-refractivity contribution < 1.29 is 0 Å². The number of aromatic nitrogens is 8. The lowest BCUT2D eigenvalue weighted by Crippen LogP contribution is -2.28. The molecule has 0 spiro atoms. The van der Waals surface area contributed by atoms with E-state index >= 15 is 0 Å². The van der Waals surface area contributed by atoms with Gasteiger partial charge in [0.2, 0.25) is 11.9 Å². The number of nitrogens with one attached hydrogen (secondary N) is 5. The van der Waals surface area contributed by atoms with Crippen molar-refractivity contribution in [3.8, 4) is 45.3 Å². The molecule has 0 amide bonds. The molecule has 414 valence electrons. The van der Waals surface area contributed by atoms with E-state index in [9.17, 15) is 0 Å². The van der Waals surface area contributed by atoms with E-state index < -0.39 is 0 Å². The number of nitrogens with zero attached hydrogens (tertiary/aromatic N) is 9. The van der Waals surface area contributed by atoms with E-state index in [0.29, 0.717) is 36.1 Å². The summed E-state index contributed by atoms with van der Waals surface area (Å²) in [6.07, 6.45) is 36.1. The maximum atomic E-state index is 5.38. The Balaban J connectivity index is 0.000000145. The van der Waals surface area contributed by atoms with E-state index in [2.05, 4.69) is 135 Å². The third-order valence-electron chi connectivity index (χ3n) is 18.2. The summed E-state index contributed by atoms with van der Waals surface area (Å²) in [4.78, 5) is 32.6. The number of hydrogen-bond donors (Lipinski definition) is 5. The fourth-order valence-electron chi connectivity index (χ4n) is 13.2. The van der Waals surface area contributed by atoms with Crippen LogP contribution in [0, 0.1) is 17.8 Å². The number of anilines is 6. The van der Waals surface area contributed by atoms with Crippen LogP contribution in [0.4, 0.5) is 34.6 Å². The van der Waals surface area contributed by atoms with Crippen molar-refractivity contribution in [1.82, 2.24) is 38.7 Å². The lowest BCUT2D eigenvalue weighted by Gasteiger charge is -2.25. The van der Waals surface area contributed by atoms with Crippen LogP contribution in [0.2, 0.25) is 0 Å². The van der Waals surface area contributed by atoms with Crippen molar-refractivity contribution in [3.05, 3.63) is 110 Å². The Hall–Kier alpha value is -7.22. The molecular weight excluding hydrogens is 989 g/mol. The van der Waals surface area contributed by atoms with Gasteiger partial charge in [-0.1, -0.05) is 75.6 Å². The molecule has 2 aromatic carbocycles. The molecule has 0 radical (unpaired) electrons. The van der Waals surface area contributed by atoms with Gasteiger partial charge in [-0.05, 0) is 168 Å². The average molecular weight is 1070 g/mol. The van der Waals surface area contributed by atoms with Gasteiger partial charge >= 0.3 is 0 Å². The largest absolute Gasteiger partial charge is 0.385 e. The number of pyridine rings is 2. The molecule has 7 saturated carbocycles. The second kappa shape index (κ2) is 23.1. The van der Waals surface area contributed by atoms with Crippen molar-refractivity contribution in [2.45, 2.75) is 165 Å². The Morgan fingerprint density at radius 2 is 0.887 bits per heavy atom. The van der Waals surface area contributed by atoms with E-state index in [-0.39, 0.29) is 0 Å². The van der Waals surface area contributed by atoms with Crippen molar-refractivity contribution in [2.24, 2.45) is 17.8 Å². The second-order valence-corrected chi connectivity index (χ2v) is 24.6. The van der Waals surface area contributed by atoms with Gasteiger partial charge in [-0.15, -0.1) is 0 Å². The predicted molar refractivity (Wildman–Crippen MR) is 326 cm³/mol. The first-order chi connectivity index (χ1) is 39.6. The summed E-state index contributed by atoms with van der Waals surface area (Å²) in [5.74, 6) is 3.95. The summed E-state index contributed by atoms with van der Waals surface area (Å²) >= 11 is 0. The van der Waals surface area contributed by atoms with Crippen LogP contribution in [-0.2, 0) is 0 Å². The molecule has 7 fully saturated rings. The minimum Gasteiger partial charge on any atom is -0.385 e. The summed E-state index contributed by atoms with van der Waals surface area (Å²) in [6.45, 7) is 3.39. The van der Waals surface area contributed by atoms with Gasteiger partial charge < -0.3 is 31.5 Å². The summed E-state index contributed by atoms with van der Waals surface area (Å²) in [5.41, 5.74) is 14.6. The molecule has 0 unspecified atom stereocenters. The molecule has 6 heterocycles. The molecule has 8 aromatic rings. The van der Waals surface area contributed by atoms with Gasteiger partial charge in [0.1, 0.15) is 0 Å². The lowest BCUT2D eigenvalue weighted by molar-refractivity contribution is 0.679. The third-order valence-corrected chi connectivity index (χ3v) is 18.2. The summed E-state index contributed by atoms with van der Waals surface area (Å²) in [5, 5.41) is 18.5. The summed E-state index contributed by atoms with van der Waals surface area (Å²) in [7, 11) is 0. The zero-order valence-corrected chi connectivity index (χ0v) is 46.6. The molecule has 15 rings (SSSR count). The van der Waals surface area contributed by atoms with Gasteiger partial charge in [0.05, 0.1) is 45.5 Å². The first-order valence-corrected chi connectivity index (χ1v) is 31.0. The monoisotopic (exact) mass is 1070 g/mol. The maximum absolute atomic E-state index is 5.38. The molecule has 7 aliphatic rings. The van der Waals surface area contributed by atoms with Crippen LogP contribution < -0.4 is 31.5 Å². The van der Waals surface area contributed by atoms with Crippen molar-refractivity contribution in [3.63, 3.8) is 0 Å². The highest BCUT2D eigenvalue weighted by Crippen LogP contribution is 2.41. The van der Waals surface area contributed by atoms with Crippen LogP contribution in [0.25, 0.3) is 56.6 Å². The van der Waals surface area contributed by atoms with Crippen molar-refractivity contribution in [2.75, 3.05) is 51.1 Å². The van der Waals surface area contributed by atoms with Crippen LogP contribution in [0.3, 0.4) is 0 Å². The smallest absolute Gasteiger partial charge is 0.223 e. The van der Waals surface area contributed by atoms with E-state index in [1.807, 2.05) is 24.5 Å². The van der Waals surface area contributed by atoms with Crippen LogP contribution in [0.1, 0.15) is 141 Å². The Bertz CT molecular complexity index is 3390. The van der Waals surface area contributed by atoms with Crippen LogP contribution in [-0.4, -0.2) is 82.5 Å². The first kappa shape index (κ1) is 51.0. The maximum Gasteiger partial charge on any atom is 0.223 e. The van der Waals surface area contributed by atoms with Gasteiger partial charge in [0.25, 0.3) is 0 Å². The van der Waals surface area contributed by atoms with E-state index in [1.165, 1.54) is 160 Å². The zero-order valence-electron chi connectivity index (χ0n) is 46.6. The molecule has 80 heavy (non-hydrogen) atoms. The fraction of sp³-hybridized carbons (Fsp3) is 0.485.